The van der Waals surface area contributed by atoms with Crippen LogP contribution < -0.4 is 0 Å². The first-order valence-corrected chi connectivity index (χ1v) is 9.36. The lowest BCUT2D eigenvalue weighted by molar-refractivity contribution is -0.253. The normalized spacial score (nSPS) is 27.5. The van der Waals surface area contributed by atoms with E-state index in [0.29, 0.717) is 4.90 Å². The molecule has 0 N–H and O–H groups in total. The van der Waals surface area contributed by atoms with Gasteiger partial charge in [-0.1, -0.05) is 12.1 Å². The van der Waals surface area contributed by atoms with E-state index in [1.807, 2.05) is 0 Å². The predicted molar refractivity (Wildman–Crippen MR) is 98.2 cm³/mol. The number of amides is 2. The topological polar surface area (TPSA) is 126 Å². The van der Waals surface area contributed by atoms with Crippen molar-refractivity contribution < 1.29 is 47.3 Å². The Balaban J connectivity index is 2.01. The summed E-state index contributed by atoms with van der Waals surface area (Å²) in [4.78, 5) is 61.0. The third kappa shape index (κ3) is 4.41. The molecule has 1 fully saturated rings. The first-order valence-electron chi connectivity index (χ1n) is 9.36. The molecule has 1 aromatic carbocycles. The molecule has 1 aromatic rings. The van der Waals surface area contributed by atoms with Crippen molar-refractivity contribution in [1.82, 2.24) is 4.90 Å². The first kappa shape index (κ1) is 22.3. The lowest BCUT2D eigenvalue weighted by Gasteiger charge is -2.44. The molecule has 2 aliphatic heterocycles. The zero-order chi connectivity index (χ0) is 22.9. The standard InChI is InChI=1S/C20H20FNO9/c1-9(23)28-8-14-16(29-10(2)24)17(30-11(3)25)15(18(21)31-14)22-19(26)12-6-4-5-7-13(12)20(22)27/h4-7,14-18H,8H2,1-3H3/t14-,15+,16-,17-,18-/m0/s1. The largest absolute Gasteiger partial charge is 0.463 e. The van der Waals surface area contributed by atoms with Crippen molar-refractivity contribution in [1.29, 1.82) is 0 Å². The maximum Gasteiger partial charge on any atom is 0.303 e. The van der Waals surface area contributed by atoms with Gasteiger partial charge in [-0.15, -0.1) is 0 Å². The molecule has 2 amide bonds. The van der Waals surface area contributed by atoms with Crippen LogP contribution in [-0.2, 0) is 33.3 Å². The van der Waals surface area contributed by atoms with Gasteiger partial charge in [0.15, 0.2) is 12.2 Å². The fourth-order valence-electron chi connectivity index (χ4n) is 3.62. The number of ether oxygens (including phenoxy) is 4. The van der Waals surface area contributed by atoms with Gasteiger partial charge < -0.3 is 18.9 Å². The van der Waals surface area contributed by atoms with Crippen LogP contribution in [0, 0.1) is 0 Å². The lowest BCUT2D eigenvalue weighted by Crippen LogP contribution is -2.66. The van der Waals surface area contributed by atoms with Gasteiger partial charge in [0.25, 0.3) is 11.8 Å². The Morgan fingerprint density at radius 3 is 1.94 bits per heavy atom. The highest BCUT2D eigenvalue weighted by Gasteiger charge is 2.57. The Morgan fingerprint density at radius 1 is 0.935 bits per heavy atom. The third-order valence-electron chi connectivity index (χ3n) is 4.78. The Hall–Kier alpha value is -3.34. The summed E-state index contributed by atoms with van der Waals surface area (Å²) in [5.41, 5.74) is 0.0969. The summed E-state index contributed by atoms with van der Waals surface area (Å²) < 4.78 is 35.7. The monoisotopic (exact) mass is 437 g/mol. The maximum atomic E-state index is 15.2. The van der Waals surface area contributed by atoms with Crippen LogP contribution in [0.3, 0.4) is 0 Å². The molecule has 166 valence electrons. The van der Waals surface area contributed by atoms with Crippen molar-refractivity contribution in [2.45, 2.75) is 51.5 Å². The van der Waals surface area contributed by atoms with Crippen LogP contribution in [0.2, 0.25) is 0 Å². The van der Waals surface area contributed by atoms with Gasteiger partial charge in [-0.3, -0.25) is 28.9 Å². The number of benzene rings is 1. The van der Waals surface area contributed by atoms with Gasteiger partial charge >= 0.3 is 17.9 Å². The molecule has 0 spiro atoms. The van der Waals surface area contributed by atoms with Crippen LogP contribution >= 0.6 is 0 Å². The molecule has 5 atom stereocenters. The van der Waals surface area contributed by atoms with Crippen molar-refractivity contribution in [2.24, 2.45) is 0 Å². The van der Waals surface area contributed by atoms with Crippen LogP contribution in [0.15, 0.2) is 24.3 Å². The first-order chi connectivity index (χ1) is 14.6. The molecule has 11 heteroatoms. The quantitative estimate of drug-likeness (QED) is 0.373. The molecular weight excluding hydrogens is 417 g/mol. The van der Waals surface area contributed by atoms with Crippen molar-refractivity contribution in [3.63, 3.8) is 0 Å². The zero-order valence-electron chi connectivity index (χ0n) is 16.9. The van der Waals surface area contributed by atoms with E-state index in [4.69, 9.17) is 18.9 Å². The van der Waals surface area contributed by atoms with Crippen molar-refractivity contribution in [3.8, 4) is 0 Å². The molecule has 2 aliphatic rings. The fraction of sp³-hybridized carbons (Fsp3) is 0.450. The second-order valence-electron chi connectivity index (χ2n) is 6.99. The third-order valence-corrected chi connectivity index (χ3v) is 4.78. The van der Waals surface area contributed by atoms with Gasteiger partial charge in [0.2, 0.25) is 6.36 Å². The highest BCUT2D eigenvalue weighted by molar-refractivity contribution is 6.21. The zero-order valence-corrected chi connectivity index (χ0v) is 16.9. The summed E-state index contributed by atoms with van der Waals surface area (Å²) in [5.74, 6) is -4.02. The number of carbonyl (C=O) groups is 5. The van der Waals surface area contributed by atoms with Gasteiger partial charge in [-0.05, 0) is 12.1 Å². The molecule has 0 bridgehead atoms. The van der Waals surface area contributed by atoms with Crippen LogP contribution in [0.5, 0.6) is 0 Å². The smallest absolute Gasteiger partial charge is 0.303 e. The minimum atomic E-state index is -2.32. The minimum absolute atomic E-state index is 0.0485. The Bertz CT molecular complexity index is 898. The van der Waals surface area contributed by atoms with E-state index >= 15 is 4.39 Å². The van der Waals surface area contributed by atoms with Gasteiger partial charge in [-0.25, -0.2) is 4.39 Å². The Kier molecular flexibility index (Phi) is 6.34. The number of nitrogens with zero attached hydrogens (tertiary/aromatic N) is 1. The second kappa shape index (κ2) is 8.80. The van der Waals surface area contributed by atoms with Crippen LogP contribution in [0.4, 0.5) is 4.39 Å². The van der Waals surface area contributed by atoms with Crippen LogP contribution in [0.25, 0.3) is 0 Å². The number of imide groups is 1. The molecule has 10 nitrogen and oxygen atoms in total. The summed E-state index contributed by atoms with van der Waals surface area (Å²) in [6.45, 7) is 2.70. The number of carbonyl (C=O) groups excluding carboxylic acids is 5. The number of alkyl halides is 1. The molecule has 0 radical (unpaired) electrons. The molecule has 31 heavy (non-hydrogen) atoms. The van der Waals surface area contributed by atoms with Gasteiger partial charge in [0.05, 0.1) is 11.1 Å². The summed E-state index contributed by atoms with van der Waals surface area (Å²) in [5, 5.41) is 0. The molecule has 0 unspecified atom stereocenters. The van der Waals surface area contributed by atoms with E-state index in [1.54, 1.807) is 0 Å². The lowest BCUT2D eigenvalue weighted by atomic mass is 9.95. The summed E-state index contributed by atoms with van der Waals surface area (Å²) in [6.07, 6.45) is -6.73. The van der Waals surface area contributed by atoms with Gasteiger partial charge in [0.1, 0.15) is 18.8 Å². The highest BCUT2D eigenvalue weighted by Crippen LogP contribution is 2.35. The summed E-state index contributed by atoms with van der Waals surface area (Å²) >= 11 is 0. The molecule has 0 aliphatic carbocycles. The van der Waals surface area contributed by atoms with E-state index in [2.05, 4.69) is 0 Å². The van der Waals surface area contributed by atoms with Gasteiger partial charge in [-0.2, -0.15) is 0 Å². The van der Waals surface area contributed by atoms with Gasteiger partial charge in [0, 0.05) is 20.8 Å². The summed E-state index contributed by atoms with van der Waals surface area (Å²) in [6, 6.07) is 4.14. The number of hydrogen-bond donors (Lipinski definition) is 0. The second-order valence-corrected chi connectivity index (χ2v) is 6.99. The van der Waals surface area contributed by atoms with E-state index in [0.717, 1.165) is 20.8 Å². The van der Waals surface area contributed by atoms with Crippen molar-refractivity contribution in [2.75, 3.05) is 6.61 Å². The molecule has 3 rings (SSSR count). The van der Waals surface area contributed by atoms with E-state index < -0.39 is 67.0 Å². The number of fused-ring (bicyclic) bond motifs is 1. The highest BCUT2D eigenvalue weighted by atomic mass is 19.1. The SMILES string of the molecule is CC(=O)OC[C@@H]1O[C@H](F)[C@H](N2C(=O)c3ccccc3C2=O)[C@H](OC(C)=O)[C@H]1OC(C)=O. The Morgan fingerprint density at radius 2 is 1.45 bits per heavy atom. The van der Waals surface area contributed by atoms with E-state index in [9.17, 15) is 24.0 Å². The minimum Gasteiger partial charge on any atom is -0.463 e. The number of rotatable bonds is 5. The predicted octanol–water partition coefficient (Wildman–Crippen LogP) is 0.772. The van der Waals surface area contributed by atoms with Crippen molar-refractivity contribution in [3.05, 3.63) is 35.4 Å². The molecule has 0 saturated carbocycles. The maximum absolute atomic E-state index is 15.2. The average molecular weight is 437 g/mol. The Labute approximate surface area is 176 Å². The number of halogens is 1. The van der Waals surface area contributed by atoms with Crippen molar-refractivity contribution >= 4 is 29.7 Å². The molecule has 0 aromatic heterocycles. The number of esters is 3. The van der Waals surface area contributed by atoms with Crippen LogP contribution in [-0.4, -0.2) is 71.9 Å². The average Bonchev–Trinajstić information content (AvgIpc) is 2.93. The summed E-state index contributed by atoms with van der Waals surface area (Å²) in [7, 11) is 0. The van der Waals surface area contributed by atoms with Crippen LogP contribution in [0.1, 0.15) is 41.5 Å². The molecule has 2 heterocycles. The van der Waals surface area contributed by atoms with E-state index in [1.165, 1.54) is 24.3 Å². The fourth-order valence-corrected chi connectivity index (χ4v) is 3.62. The van der Waals surface area contributed by atoms with E-state index in [-0.39, 0.29) is 11.1 Å². The molecule has 1 saturated heterocycles. The molecular formula is C20H20FNO9. The number of hydrogen-bond acceptors (Lipinski definition) is 9.